The number of methoxy groups -OCH3 is 1. The number of H-pyrrole nitrogens is 1. The molecular formula is C13H18N6O3S. The van der Waals surface area contributed by atoms with Crippen molar-refractivity contribution in [3.8, 4) is 5.88 Å². The molecule has 0 atom stereocenters. The quantitative estimate of drug-likeness (QED) is 0.838. The molecular weight excluding hydrogens is 320 g/mol. The molecule has 0 radical (unpaired) electrons. The average molecular weight is 338 g/mol. The van der Waals surface area contributed by atoms with Gasteiger partial charge in [0.1, 0.15) is 11.6 Å². The molecule has 124 valence electrons. The monoisotopic (exact) mass is 338 g/mol. The number of nitrogens with one attached hydrogen (secondary N) is 1. The van der Waals surface area contributed by atoms with Crippen molar-refractivity contribution in [3.63, 3.8) is 0 Å². The van der Waals surface area contributed by atoms with Crippen molar-refractivity contribution in [2.24, 2.45) is 0 Å². The van der Waals surface area contributed by atoms with Crippen molar-refractivity contribution in [2.45, 2.75) is 11.9 Å². The Morgan fingerprint density at radius 1 is 1.22 bits per heavy atom. The van der Waals surface area contributed by atoms with Crippen LogP contribution in [-0.2, 0) is 10.0 Å². The zero-order valence-electron chi connectivity index (χ0n) is 12.9. The van der Waals surface area contributed by atoms with Crippen LogP contribution in [0.2, 0.25) is 0 Å². The number of sulfonamides is 1. The van der Waals surface area contributed by atoms with Gasteiger partial charge in [0.2, 0.25) is 5.88 Å². The third-order valence-electron chi connectivity index (χ3n) is 3.66. The molecule has 1 N–H and O–H groups in total. The maximum absolute atomic E-state index is 12.4. The highest BCUT2D eigenvalue weighted by atomic mass is 32.2. The van der Waals surface area contributed by atoms with Crippen molar-refractivity contribution in [1.29, 1.82) is 0 Å². The van der Waals surface area contributed by atoms with E-state index in [0.717, 1.165) is 5.82 Å². The number of piperazine rings is 1. The fourth-order valence-corrected chi connectivity index (χ4v) is 3.79. The van der Waals surface area contributed by atoms with Crippen LogP contribution in [0.3, 0.4) is 0 Å². The van der Waals surface area contributed by atoms with Gasteiger partial charge in [0.15, 0.2) is 5.03 Å². The minimum atomic E-state index is -3.51. The first-order chi connectivity index (χ1) is 11.0. The lowest BCUT2D eigenvalue weighted by atomic mass is 10.3. The van der Waals surface area contributed by atoms with Crippen molar-refractivity contribution in [1.82, 2.24) is 24.2 Å². The van der Waals surface area contributed by atoms with Crippen molar-refractivity contribution < 1.29 is 13.2 Å². The van der Waals surface area contributed by atoms with E-state index in [1.807, 2.05) is 4.90 Å². The Morgan fingerprint density at radius 3 is 2.57 bits per heavy atom. The lowest BCUT2D eigenvalue weighted by Crippen LogP contribution is -2.49. The van der Waals surface area contributed by atoms with Crippen LogP contribution in [0.15, 0.2) is 23.6 Å². The van der Waals surface area contributed by atoms with Crippen LogP contribution in [0, 0.1) is 6.92 Å². The van der Waals surface area contributed by atoms with Crippen LogP contribution >= 0.6 is 0 Å². The molecule has 0 aliphatic carbocycles. The molecule has 0 bridgehead atoms. The van der Waals surface area contributed by atoms with Crippen LogP contribution in [0.25, 0.3) is 0 Å². The third-order valence-corrected chi connectivity index (χ3v) is 5.49. The second-order valence-electron chi connectivity index (χ2n) is 5.12. The Morgan fingerprint density at radius 2 is 1.96 bits per heavy atom. The van der Waals surface area contributed by atoms with E-state index in [1.165, 1.54) is 16.8 Å². The van der Waals surface area contributed by atoms with Gasteiger partial charge >= 0.3 is 0 Å². The lowest BCUT2D eigenvalue weighted by Gasteiger charge is -2.34. The van der Waals surface area contributed by atoms with Crippen molar-refractivity contribution >= 4 is 15.8 Å². The third kappa shape index (κ3) is 3.13. The summed E-state index contributed by atoms with van der Waals surface area (Å²) in [4.78, 5) is 17.0. The van der Waals surface area contributed by atoms with Gasteiger partial charge in [-0.25, -0.2) is 18.4 Å². The van der Waals surface area contributed by atoms with Crippen LogP contribution < -0.4 is 9.64 Å². The Bertz CT molecular complexity index is 769. The number of imidazole rings is 1. The van der Waals surface area contributed by atoms with Crippen molar-refractivity contribution in [3.05, 3.63) is 24.4 Å². The van der Waals surface area contributed by atoms with E-state index in [2.05, 4.69) is 19.9 Å². The number of hydrogen-bond donors (Lipinski definition) is 1. The molecule has 1 aliphatic heterocycles. The number of aromatic nitrogens is 4. The molecule has 1 fully saturated rings. The standard InChI is InChI=1S/C13H18N6O3S/c1-10-16-11(7-12(17-10)22-2)18-3-5-19(6-4-18)23(20,21)13-8-14-9-15-13/h7-9H,3-6H2,1-2H3,(H,14,15). The highest BCUT2D eigenvalue weighted by Gasteiger charge is 2.30. The van der Waals surface area contributed by atoms with Crippen LogP contribution in [0.5, 0.6) is 5.88 Å². The van der Waals surface area contributed by atoms with Gasteiger partial charge in [-0.3, -0.25) is 0 Å². The maximum Gasteiger partial charge on any atom is 0.260 e. The van der Waals surface area contributed by atoms with E-state index in [0.29, 0.717) is 37.9 Å². The summed E-state index contributed by atoms with van der Waals surface area (Å²) in [5, 5.41) is 0.116. The minimum Gasteiger partial charge on any atom is -0.481 e. The minimum absolute atomic E-state index is 0.116. The first kappa shape index (κ1) is 15.7. The molecule has 2 aromatic heterocycles. The van der Waals surface area contributed by atoms with Gasteiger partial charge < -0.3 is 14.6 Å². The summed E-state index contributed by atoms with van der Waals surface area (Å²) in [5.74, 6) is 1.86. The maximum atomic E-state index is 12.4. The number of hydrogen-bond acceptors (Lipinski definition) is 7. The molecule has 0 amide bonds. The van der Waals surface area contributed by atoms with E-state index in [-0.39, 0.29) is 5.03 Å². The smallest absolute Gasteiger partial charge is 0.260 e. The van der Waals surface area contributed by atoms with Gasteiger partial charge in [0.25, 0.3) is 10.0 Å². The first-order valence-corrected chi connectivity index (χ1v) is 8.58. The summed E-state index contributed by atoms with van der Waals surface area (Å²) >= 11 is 0. The summed E-state index contributed by atoms with van der Waals surface area (Å²) in [6, 6.07) is 1.76. The molecule has 1 saturated heterocycles. The SMILES string of the molecule is COc1cc(N2CCN(S(=O)(=O)c3cnc[nH]3)CC2)nc(C)n1. The highest BCUT2D eigenvalue weighted by Crippen LogP contribution is 2.21. The molecule has 23 heavy (non-hydrogen) atoms. The van der Waals surface area contributed by atoms with E-state index in [1.54, 1.807) is 20.1 Å². The molecule has 0 unspecified atom stereocenters. The van der Waals surface area contributed by atoms with Gasteiger partial charge in [-0.2, -0.15) is 9.29 Å². The largest absolute Gasteiger partial charge is 0.481 e. The second-order valence-corrected chi connectivity index (χ2v) is 7.03. The first-order valence-electron chi connectivity index (χ1n) is 7.14. The van der Waals surface area contributed by atoms with Gasteiger partial charge in [0.05, 0.1) is 19.6 Å². The Hall–Kier alpha value is -2.20. The Balaban J connectivity index is 1.73. The van der Waals surface area contributed by atoms with Gasteiger partial charge in [0, 0.05) is 32.2 Å². The number of anilines is 1. The summed E-state index contributed by atoms with van der Waals surface area (Å²) in [5.41, 5.74) is 0. The number of ether oxygens (including phenoxy) is 1. The lowest BCUT2D eigenvalue weighted by molar-refractivity contribution is 0.379. The summed E-state index contributed by atoms with van der Waals surface area (Å²) in [7, 11) is -1.96. The molecule has 9 nitrogen and oxygen atoms in total. The van der Waals surface area contributed by atoms with E-state index < -0.39 is 10.0 Å². The molecule has 3 rings (SSSR count). The number of aryl methyl sites for hydroxylation is 1. The molecule has 3 heterocycles. The molecule has 0 aromatic carbocycles. The Labute approximate surface area is 134 Å². The number of aromatic amines is 1. The fraction of sp³-hybridized carbons (Fsp3) is 0.462. The number of nitrogens with zero attached hydrogens (tertiary/aromatic N) is 5. The molecule has 2 aromatic rings. The van der Waals surface area contributed by atoms with Gasteiger partial charge in [-0.15, -0.1) is 0 Å². The molecule has 10 heteroatoms. The predicted octanol–water partition coefficient (Wildman–Crippen LogP) is 0.0276. The Kier molecular flexibility index (Phi) is 4.18. The average Bonchev–Trinajstić information content (AvgIpc) is 3.09. The molecule has 1 aliphatic rings. The van der Waals surface area contributed by atoms with E-state index in [9.17, 15) is 8.42 Å². The van der Waals surface area contributed by atoms with Crippen molar-refractivity contribution in [2.75, 3.05) is 38.2 Å². The van der Waals surface area contributed by atoms with E-state index in [4.69, 9.17) is 4.74 Å². The molecule has 0 saturated carbocycles. The normalized spacial score (nSPS) is 16.5. The van der Waals surface area contributed by atoms with Gasteiger partial charge in [-0.1, -0.05) is 0 Å². The molecule has 0 spiro atoms. The van der Waals surface area contributed by atoms with E-state index >= 15 is 0 Å². The number of rotatable bonds is 4. The second kappa shape index (κ2) is 6.13. The van der Waals surface area contributed by atoms with Crippen LogP contribution in [0.4, 0.5) is 5.82 Å². The van der Waals surface area contributed by atoms with Crippen LogP contribution in [0.1, 0.15) is 5.82 Å². The zero-order valence-corrected chi connectivity index (χ0v) is 13.7. The fourth-order valence-electron chi connectivity index (χ4n) is 2.47. The topological polar surface area (TPSA) is 104 Å². The zero-order chi connectivity index (χ0) is 16.4. The summed E-state index contributed by atoms with van der Waals surface area (Å²) < 4.78 is 31.5. The predicted molar refractivity (Wildman–Crippen MR) is 82.9 cm³/mol. The van der Waals surface area contributed by atoms with Gasteiger partial charge in [-0.05, 0) is 6.92 Å². The highest BCUT2D eigenvalue weighted by molar-refractivity contribution is 7.89. The summed E-state index contributed by atoms with van der Waals surface area (Å²) in [6.07, 6.45) is 2.68. The van der Waals surface area contributed by atoms with Crippen LogP contribution in [-0.4, -0.2) is 65.9 Å². The summed E-state index contributed by atoms with van der Waals surface area (Å²) in [6.45, 7) is 3.66.